The summed E-state index contributed by atoms with van der Waals surface area (Å²) in [4.78, 5) is 0. The molecule has 1 aromatic carbocycles. The van der Waals surface area contributed by atoms with Crippen LogP contribution in [0.15, 0.2) is 18.2 Å². The molecule has 2 N–H and O–H groups in total. The van der Waals surface area contributed by atoms with Gasteiger partial charge in [-0.3, -0.25) is 0 Å². The fourth-order valence-corrected chi connectivity index (χ4v) is 2.72. The van der Waals surface area contributed by atoms with E-state index in [1.807, 2.05) is 0 Å². The normalized spacial score (nSPS) is 20.6. The van der Waals surface area contributed by atoms with Gasteiger partial charge < -0.3 is 5.73 Å². The molecule has 2 rings (SSSR count). The van der Waals surface area contributed by atoms with Gasteiger partial charge in [0.2, 0.25) is 0 Å². The molecule has 0 aromatic heterocycles. The lowest BCUT2D eigenvalue weighted by Gasteiger charge is -2.37. The highest BCUT2D eigenvalue weighted by Crippen LogP contribution is 2.37. The van der Waals surface area contributed by atoms with Crippen LogP contribution in [0.3, 0.4) is 0 Å². The van der Waals surface area contributed by atoms with Crippen LogP contribution in [0, 0.1) is 18.3 Å². The molecule has 1 aliphatic rings. The third-order valence-corrected chi connectivity index (χ3v) is 4.22. The van der Waals surface area contributed by atoms with Crippen LogP contribution in [-0.2, 0) is 12.8 Å². The van der Waals surface area contributed by atoms with Gasteiger partial charge in [-0.25, -0.2) is 0 Å². The zero-order valence-corrected chi connectivity index (χ0v) is 10.7. The van der Waals surface area contributed by atoms with E-state index in [1.165, 1.54) is 24.8 Å². The molecule has 1 atom stereocenters. The van der Waals surface area contributed by atoms with Crippen molar-refractivity contribution in [2.24, 2.45) is 17.1 Å². The number of hydrogen-bond donors (Lipinski definition) is 1. The van der Waals surface area contributed by atoms with Crippen molar-refractivity contribution in [2.45, 2.75) is 40.0 Å². The summed E-state index contributed by atoms with van der Waals surface area (Å²) in [6.45, 7) is 7.57. The fraction of sp³-hybridized carbons (Fsp3) is 0.600. The molecule has 0 spiro atoms. The van der Waals surface area contributed by atoms with Crippen molar-refractivity contribution < 1.29 is 0 Å². The number of rotatable bonds is 2. The maximum Gasteiger partial charge on any atom is -0.00231 e. The molecule has 0 aliphatic heterocycles. The molecular weight excluding hydrogens is 194 g/mol. The summed E-state index contributed by atoms with van der Waals surface area (Å²) >= 11 is 0. The predicted molar refractivity (Wildman–Crippen MR) is 69.5 cm³/mol. The number of nitrogens with two attached hydrogens (primary N) is 1. The second-order valence-electron chi connectivity index (χ2n) is 5.90. The second kappa shape index (κ2) is 4.21. The van der Waals surface area contributed by atoms with E-state index in [9.17, 15) is 0 Å². The van der Waals surface area contributed by atoms with Crippen LogP contribution in [0.2, 0.25) is 0 Å². The van der Waals surface area contributed by atoms with Crippen molar-refractivity contribution in [3.63, 3.8) is 0 Å². The average molecular weight is 217 g/mol. The highest BCUT2D eigenvalue weighted by atomic mass is 14.6. The van der Waals surface area contributed by atoms with Crippen LogP contribution >= 0.6 is 0 Å². The Bertz CT molecular complexity index is 379. The van der Waals surface area contributed by atoms with Gasteiger partial charge in [-0.15, -0.1) is 0 Å². The van der Waals surface area contributed by atoms with Crippen molar-refractivity contribution in [3.05, 3.63) is 34.9 Å². The van der Waals surface area contributed by atoms with Gasteiger partial charge in [0.1, 0.15) is 0 Å². The maximum atomic E-state index is 5.88. The summed E-state index contributed by atoms with van der Waals surface area (Å²) in [5.74, 6) is 0.743. The summed E-state index contributed by atoms with van der Waals surface area (Å²) in [6.07, 6.45) is 3.73. The summed E-state index contributed by atoms with van der Waals surface area (Å²) in [5, 5.41) is 0. The average Bonchev–Trinajstić information content (AvgIpc) is 2.28. The highest BCUT2D eigenvalue weighted by molar-refractivity contribution is 5.34. The molecule has 0 radical (unpaired) electrons. The van der Waals surface area contributed by atoms with Crippen LogP contribution in [0.5, 0.6) is 0 Å². The van der Waals surface area contributed by atoms with Crippen LogP contribution in [0.4, 0.5) is 0 Å². The summed E-state index contributed by atoms with van der Waals surface area (Å²) < 4.78 is 0. The van der Waals surface area contributed by atoms with Crippen molar-refractivity contribution in [1.82, 2.24) is 0 Å². The van der Waals surface area contributed by atoms with E-state index in [-0.39, 0.29) is 5.41 Å². The molecule has 0 bridgehead atoms. The lowest BCUT2D eigenvalue weighted by Crippen LogP contribution is -2.35. The van der Waals surface area contributed by atoms with Crippen LogP contribution in [-0.4, -0.2) is 6.54 Å². The maximum absolute atomic E-state index is 5.88. The van der Waals surface area contributed by atoms with Crippen molar-refractivity contribution >= 4 is 0 Å². The van der Waals surface area contributed by atoms with E-state index >= 15 is 0 Å². The predicted octanol–water partition coefficient (Wildman–Crippen LogP) is 3.08. The van der Waals surface area contributed by atoms with Gasteiger partial charge in [0.05, 0.1) is 0 Å². The molecule has 0 fully saturated rings. The zero-order valence-electron chi connectivity index (χ0n) is 10.7. The fourth-order valence-electron chi connectivity index (χ4n) is 2.72. The molecule has 0 amide bonds. The first-order chi connectivity index (χ1) is 7.53. The minimum atomic E-state index is 0.280. The van der Waals surface area contributed by atoms with E-state index < -0.39 is 0 Å². The Balaban J connectivity index is 2.21. The number of benzene rings is 1. The minimum Gasteiger partial charge on any atom is -0.330 e. The molecule has 1 aliphatic carbocycles. The lowest BCUT2D eigenvalue weighted by atomic mass is 9.69. The molecule has 1 heteroatoms. The monoisotopic (exact) mass is 217 g/mol. The first-order valence-electron chi connectivity index (χ1n) is 6.31. The summed E-state index contributed by atoms with van der Waals surface area (Å²) in [6, 6.07) is 6.89. The van der Waals surface area contributed by atoms with Gasteiger partial charge in [-0.05, 0) is 55.2 Å². The van der Waals surface area contributed by atoms with Crippen molar-refractivity contribution in [3.8, 4) is 0 Å². The largest absolute Gasteiger partial charge is 0.330 e. The van der Waals surface area contributed by atoms with Gasteiger partial charge >= 0.3 is 0 Å². The molecule has 1 unspecified atom stereocenters. The lowest BCUT2D eigenvalue weighted by molar-refractivity contribution is 0.199. The standard InChI is InChI=1S/C15H23N/c1-11-4-5-13-9-14(15(2,3)10-16)7-6-12(13)8-11/h4-5,8,14H,6-7,9-10,16H2,1-3H3. The van der Waals surface area contributed by atoms with E-state index in [4.69, 9.17) is 5.73 Å². The minimum absolute atomic E-state index is 0.280. The molecule has 0 saturated carbocycles. The smallest absolute Gasteiger partial charge is 0.00231 e. The van der Waals surface area contributed by atoms with Gasteiger partial charge in [0, 0.05) is 0 Å². The van der Waals surface area contributed by atoms with Gasteiger partial charge in [-0.2, -0.15) is 0 Å². The Labute approximate surface area is 99.0 Å². The van der Waals surface area contributed by atoms with Crippen molar-refractivity contribution in [1.29, 1.82) is 0 Å². The first-order valence-corrected chi connectivity index (χ1v) is 6.31. The molecule has 16 heavy (non-hydrogen) atoms. The Morgan fingerprint density at radius 2 is 2.06 bits per heavy atom. The van der Waals surface area contributed by atoms with E-state index in [0.717, 1.165) is 12.5 Å². The summed E-state index contributed by atoms with van der Waals surface area (Å²) in [7, 11) is 0. The van der Waals surface area contributed by atoms with Gasteiger partial charge in [0.15, 0.2) is 0 Å². The molecular formula is C15H23N. The molecule has 0 saturated heterocycles. The second-order valence-corrected chi connectivity index (χ2v) is 5.90. The van der Waals surface area contributed by atoms with Gasteiger partial charge in [0.25, 0.3) is 0 Å². The van der Waals surface area contributed by atoms with Crippen LogP contribution < -0.4 is 5.73 Å². The first kappa shape index (κ1) is 11.7. The van der Waals surface area contributed by atoms with E-state index in [0.29, 0.717) is 0 Å². The van der Waals surface area contributed by atoms with Crippen LogP contribution in [0.25, 0.3) is 0 Å². The third-order valence-electron chi connectivity index (χ3n) is 4.22. The Morgan fingerprint density at radius 3 is 2.75 bits per heavy atom. The Morgan fingerprint density at radius 1 is 1.31 bits per heavy atom. The Kier molecular flexibility index (Phi) is 3.07. The van der Waals surface area contributed by atoms with Crippen molar-refractivity contribution in [2.75, 3.05) is 6.54 Å². The number of hydrogen-bond acceptors (Lipinski definition) is 1. The third kappa shape index (κ3) is 2.15. The van der Waals surface area contributed by atoms with E-state index in [2.05, 4.69) is 39.0 Å². The highest BCUT2D eigenvalue weighted by Gasteiger charge is 2.31. The van der Waals surface area contributed by atoms with Crippen LogP contribution in [0.1, 0.15) is 37.0 Å². The van der Waals surface area contributed by atoms with Gasteiger partial charge in [-0.1, -0.05) is 37.6 Å². The number of aryl methyl sites for hydroxylation is 2. The quantitative estimate of drug-likeness (QED) is 0.809. The number of fused-ring (bicyclic) bond motifs is 1. The molecule has 1 nitrogen and oxygen atoms in total. The summed E-state index contributed by atoms with van der Waals surface area (Å²) in [5.41, 5.74) is 10.7. The zero-order chi connectivity index (χ0) is 11.8. The van der Waals surface area contributed by atoms with E-state index in [1.54, 1.807) is 11.1 Å². The topological polar surface area (TPSA) is 26.0 Å². The Hall–Kier alpha value is -0.820. The molecule has 1 aromatic rings. The SMILES string of the molecule is Cc1ccc2c(c1)CCC(C(C)(C)CN)C2. The molecule has 0 heterocycles. The molecule has 88 valence electrons.